The van der Waals surface area contributed by atoms with Crippen molar-refractivity contribution in [2.75, 3.05) is 13.2 Å². The molecule has 1 fully saturated rings. The van der Waals surface area contributed by atoms with Gasteiger partial charge < -0.3 is 29.4 Å². The van der Waals surface area contributed by atoms with Gasteiger partial charge in [0.25, 0.3) is 0 Å². The van der Waals surface area contributed by atoms with E-state index in [1.807, 2.05) is 0 Å². The number of ether oxygens (including phenoxy) is 4. The third-order valence-corrected chi connectivity index (χ3v) is 3.70. The number of carbonyl (C=O) groups excluding carboxylic acids is 3. The van der Waals surface area contributed by atoms with Gasteiger partial charge in [0.05, 0.1) is 18.8 Å². The van der Waals surface area contributed by atoms with Gasteiger partial charge >= 0.3 is 18.0 Å². The standard InChI is InChI=1S/C14H20Cl3NO8/c1-6-10(18-13(22)23-5-14(15,16)17)12(26-8(3)21)11(25-7(2)20)9(4-19)24-6/h6,9-12,19H,4-5H2,1-3H3,(H,18,22)/t6-,9+,10-,11-,12+/m0/s1. The molecule has 150 valence electrons. The van der Waals surface area contributed by atoms with Crippen molar-refractivity contribution < 1.29 is 38.4 Å². The molecule has 1 amide bonds. The number of hydrogen-bond acceptors (Lipinski definition) is 8. The van der Waals surface area contributed by atoms with Gasteiger partial charge in [-0.05, 0) is 6.92 Å². The average molecular weight is 437 g/mol. The molecule has 5 atom stereocenters. The molecule has 12 heteroatoms. The highest BCUT2D eigenvalue weighted by Gasteiger charge is 2.49. The van der Waals surface area contributed by atoms with E-state index >= 15 is 0 Å². The van der Waals surface area contributed by atoms with Crippen LogP contribution in [0.25, 0.3) is 0 Å². The summed E-state index contributed by atoms with van der Waals surface area (Å²) >= 11 is 16.5. The molecule has 0 aromatic rings. The number of amides is 1. The molecular weight excluding hydrogens is 417 g/mol. The monoisotopic (exact) mass is 435 g/mol. The minimum atomic E-state index is -1.80. The van der Waals surface area contributed by atoms with Crippen molar-refractivity contribution in [1.82, 2.24) is 5.32 Å². The van der Waals surface area contributed by atoms with Gasteiger partial charge in [-0.2, -0.15) is 0 Å². The summed E-state index contributed by atoms with van der Waals surface area (Å²) in [4.78, 5) is 34.8. The summed E-state index contributed by atoms with van der Waals surface area (Å²) < 4.78 is 18.9. The van der Waals surface area contributed by atoms with Crippen LogP contribution in [0.2, 0.25) is 0 Å². The van der Waals surface area contributed by atoms with Crippen LogP contribution in [-0.2, 0) is 28.5 Å². The first kappa shape index (κ1) is 23.0. The molecule has 1 heterocycles. The lowest BCUT2D eigenvalue weighted by molar-refractivity contribution is -0.217. The highest BCUT2D eigenvalue weighted by molar-refractivity contribution is 6.67. The molecule has 2 N–H and O–H groups in total. The molecule has 0 aromatic heterocycles. The van der Waals surface area contributed by atoms with Crippen molar-refractivity contribution in [3.8, 4) is 0 Å². The number of alkyl halides is 3. The van der Waals surface area contributed by atoms with Gasteiger partial charge in [0, 0.05) is 13.8 Å². The Balaban J connectivity index is 2.98. The summed E-state index contributed by atoms with van der Waals surface area (Å²) in [6.45, 7) is 2.86. The van der Waals surface area contributed by atoms with E-state index in [0.29, 0.717) is 0 Å². The molecule has 0 aromatic carbocycles. The number of esters is 2. The first-order valence-electron chi connectivity index (χ1n) is 7.55. The lowest BCUT2D eigenvalue weighted by Crippen LogP contribution is -2.65. The molecule has 1 aliphatic heterocycles. The normalized spacial score (nSPS) is 28.8. The summed E-state index contributed by atoms with van der Waals surface area (Å²) in [6, 6.07) is -0.950. The summed E-state index contributed by atoms with van der Waals surface area (Å²) in [7, 11) is 0. The molecule has 0 radical (unpaired) electrons. The van der Waals surface area contributed by atoms with E-state index in [0.717, 1.165) is 13.8 Å². The van der Waals surface area contributed by atoms with Gasteiger partial charge in [-0.25, -0.2) is 4.79 Å². The Kier molecular flexibility index (Phi) is 8.68. The van der Waals surface area contributed by atoms with Crippen molar-refractivity contribution in [1.29, 1.82) is 0 Å². The largest absolute Gasteiger partial charge is 0.456 e. The summed E-state index contributed by atoms with van der Waals surface area (Å²) in [5, 5.41) is 11.9. The molecule has 0 saturated carbocycles. The number of aliphatic hydroxyl groups excluding tert-OH is 1. The van der Waals surface area contributed by atoms with Crippen LogP contribution < -0.4 is 5.32 Å². The summed E-state index contributed by atoms with van der Waals surface area (Å²) in [6.07, 6.45) is -4.90. The lowest BCUT2D eigenvalue weighted by Gasteiger charge is -2.44. The van der Waals surface area contributed by atoms with Gasteiger partial charge in [-0.15, -0.1) is 0 Å². The first-order valence-corrected chi connectivity index (χ1v) is 8.68. The molecule has 0 aliphatic carbocycles. The van der Waals surface area contributed by atoms with Crippen LogP contribution in [0.3, 0.4) is 0 Å². The second-order valence-electron chi connectivity index (χ2n) is 5.57. The third-order valence-electron chi connectivity index (χ3n) is 3.37. The number of nitrogens with one attached hydrogen (secondary N) is 1. The first-order chi connectivity index (χ1) is 11.9. The molecule has 1 saturated heterocycles. The summed E-state index contributed by atoms with van der Waals surface area (Å²) in [5.41, 5.74) is 0. The number of hydrogen-bond donors (Lipinski definition) is 2. The molecule has 1 aliphatic rings. The smallest absolute Gasteiger partial charge is 0.407 e. The second kappa shape index (κ2) is 9.80. The van der Waals surface area contributed by atoms with Crippen LogP contribution >= 0.6 is 34.8 Å². The Morgan fingerprint density at radius 2 is 1.65 bits per heavy atom. The molecule has 26 heavy (non-hydrogen) atoms. The fraction of sp³-hybridized carbons (Fsp3) is 0.786. The van der Waals surface area contributed by atoms with Gasteiger partial charge in [0.15, 0.2) is 12.2 Å². The van der Waals surface area contributed by atoms with Crippen molar-refractivity contribution in [2.24, 2.45) is 0 Å². The maximum absolute atomic E-state index is 12.0. The van der Waals surface area contributed by atoms with Crippen LogP contribution in [0.15, 0.2) is 0 Å². The Bertz CT molecular complexity index is 527. The molecule has 0 spiro atoms. The number of rotatable bonds is 5. The zero-order valence-electron chi connectivity index (χ0n) is 14.2. The van der Waals surface area contributed by atoms with Crippen molar-refractivity contribution >= 4 is 52.8 Å². The van der Waals surface area contributed by atoms with Crippen LogP contribution in [0.1, 0.15) is 20.8 Å². The molecule has 0 bridgehead atoms. The number of alkyl carbamates (subject to hydrolysis) is 1. The minimum Gasteiger partial charge on any atom is -0.456 e. The molecule has 1 rings (SSSR count). The number of carbonyl (C=O) groups is 3. The predicted molar refractivity (Wildman–Crippen MR) is 91.1 cm³/mol. The zero-order valence-corrected chi connectivity index (χ0v) is 16.5. The van der Waals surface area contributed by atoms with Gasteiger partial charge in [-0.1, -0.05) is 34.8 Å². The Morgan fingerprint density at radius 3 is 2.12 bits per heavy atom. The molecule has 0 unspecified atom stereocenters. The van der Waals surface area contributed by atoms with E-state index in [1.165, 1.54) is 0 Å². The van der Waals surface area contributed by atoms with E-state index in [2.05, 4.69) is 5.32 Å². The molecular formula is C14H20Cl3NO8. The minimum absolute atomic E-state index is 0.496. The average Bonchev–Trinajstić information content (AvgIpc) is 2.49. The quantitative estimate of drug-likeness (QED) is 0.373. The second-order valence-corrected chi connectivity index (χ2v) is 8.09. The van der Waals surface area contributed by atoms with Crippen LogP contribution in [0.4, 0.5) is 4.79 Å². The number of aliphatic hydroxyl groups is 1. The highest BCUT2D eigenvalue weighted by Crippen LogP contribution is 2.28. The van der Waals surface area contributed by atoms with E-state index in [9.17, 15) is 19.5 Å². The van der Waals surface area contributed by atoms with Crippen molar-refractivity contribution in [3.63, 3.8) is 0 Å². The highest BCUT2D eigenvalue weighted by atomic mass is 35.6. The van der Waals surface area contributed by atoms with Gasteiger partial charge in [0.2, 0.25) is 3.79 Å². The Labute approximate surface area is 165 Å². The van der Waals surface area contributed by atoms with Gasteiger partial charge in [0.1, 0.15) is 12.7 Å². The van der Waals surface area contributed by atoms with E-state index in [-0.39, 0.29) is 0 Å². The molecule has 9 nitrogen and oxygen atoms in total. The topological polar surface area (TPSA) is 120 Å². The summed E-state index contributed by atoms with van der Waals surface area (Å²) in [5.74, 6) is -1.36. The van der Waals surface area contributed by atoms with E-state index < -0.39 is 65.5 Å². The fourth-order valence-corrected chi connectivity index (χ4v) is 2.62. The number of halogens is 3. The zero-order chi connectivity index (χ0) is 20.1. The third kappa shape index (κ3) is 7.32. The lowest BCUT2D eigenvalue weighted by atomic mass is 9.93. The Hall–Kier alpha value is -1.00. The van der Waals surface area contributed by atoms with Crippen LogP contribution in [-0.4, -0.2) is 70.6 Å². The fourth-order valence-electron chi connectivity index (χ4n) is 2.46. The maximum atomic E-state index is 12.0. The predicted octanol–water partition coefficient (Wildman–Crippen LogP) is 1.09. The maximum Gasteiger partial charge on any atom is 0.407 e. The SMILES string of the molecule is CC(=O)O[C@@H]1[C@@H](NC(=O)OCC(Cl)(Cl)Cl)[C@H](C)O[C@H](CO)[C@@H]1OC(C)=O. The van der Waals surface area contributed by atoms with Crippen molar-refractivity contribution in [2.45, 2.75) is 55.0 Å². The van der Waals surface area contributed by atoms with Gasteiger partial charge in [-0.3, -0.25) is 9.59 Å². The van der Waals surface area contributed by atoms with Crippen molar-refractivity contribution in [3.05, 3.63) is 0 Å². The van der Waals surface area contributed by atoms with E-state index in [1.54, 1.807) is 6.92 Å². The van der Waals surface area contributed by atoms with Crippen LogP contribution in [0.5, 0.6) is 0 Å². The Morgan fingerprint density at radius 1 is 1.12 bits per heavy atom. The van der Waals surface area contributed by atoms with E-state index in [4.69, 9.17) is 53.8 Å². The van der Waals surface area contributed by atoms with Crippen LogP contribution in [0, 0.1) is 0 Å².